The molecule has 0 aliphatic rings. The van der Waals surface area contributed by atoms with Gasteiger partial charge in [0.15, 0.2) is 0 Å². The van der Waals surface area contributed by atoms with Crippen molar-refractivity contribution in [3.8, 4) is 5.75 Å². The highest BCUT2D eigenvalue weighted by Gasteiger charge is 2.40. The Morgan fingerprint density at radius 1 is 1.10 bits per heavy atom. The first-order valence-corrected chi connectivity index (χ1v) is 9.09. The average molecular weight is 449 g/mol. The van der Waals surface area contributed by atoms with Crippen LogP contribution >= 0.6 is 11.6 Å². The van der Waals surface area contributed by atoms with Crippen LogP contribution in [0.15, 0.2) is 49.1 Å². The Labute approximate surface area is 175 Å². The molecule has 0 aliphatic carbocycles. The monoisotopic (exact) mass is 448 g/mol. The van der Waals surface area contributed by atoms with Crippen LogP contribution in [0, 0.1) is 0 Å². The van der Waals surface area contributed by atoms with Gasteiger partial charge in [0.25, 0.3) is 5.92 Å². The summed E-state index contributed by atoms with van der Waals surface area (Å²) < 4.78 is 88.5. The predicted octanol–water partition coefficient (Wildman–Crippen LogP) is 8.15. The van der Waals surface area contributed by atoms with Crippen LogP contribution < -0.4 is 4.74 Å². The van der Waals surface area contributed by atoms with E-state index in [1.54, 1.807) is 0 Å². The van der Waals surface area contributed by atoms with E-state index in [4.69, 9.17) is 16.3 Å². The SMILES string of the molecule is C=C(C)c1ccc(/C(F)=C/C(c2ccc(OC)c(Cl)c2)C(F)(F)F)cc1C(C)(F)F. The minimum atomic E-state index is -4.84. The van der Waals surface area contributed by atoms with Gasteiger partial charge in [0.1, 0.15) is 17.5 Å². The molecule has 2 aromatic carbocycles. The van der Waals surface area contributed by atoms with Crippen molar-refractivity contribution >= 4 is 23.0 Å². The molecular formula is C22H19ClF6O. The lowest BCUT2D eigenvalue weighted by molar-refractivity contribution is -0.139. The smallest absolute Gasteiger partial charge is 0.399 e. The number of benzene rings is 2. The third-order valence-corrected chi connectivity index (χ3v) is 4.72. The molecule has 1 atom stereocenters. The summed E-state index contributed by atoms with van der Waals surface area (Å²) in [5, 5.41) is -0.0724. The van der Waals surface area contributed by atoms with E-state index in [9.17, 15) is 26.3 Å². The maximum absolute atomic E-state index is 14.8. The van der Waals surface area contributed by atoms with Crippen molar-refractivity contribution in [2.24, 2.45) is 0 Å². The summed E-state index contributed by atoms with van der Waals surface area (Å²) in [6.07, 6.45) is -4.50. The first-order chi connectivity index (χ1) is 13.8. The Balaban J connectivity index is 2.57. The van der Waals surface area contributed by atoms with E-state index in [0.29, 0.717) is 18.6 Å². The first kappa shape index (κ1) is 23.9. The van der Waals surface area contributed by atoms with Gasteiger partial charge in [0.2, 0.25) is 0 Å². The number of hydrogen-bond acceptors (Lipinski definition) is 1. The number of halogens is 7. The molecule has 8 heteroatoms. The highest BCUT2D eigenvalue weighted by molar-refractivity contribution is 6.32. The highest BCUT2D eigenvalue weighted by atomic mass is 35.5. The van der Waals surface area contributed by atoms with Crippen molar-refractivity contribution in [1.82, 2.24) is 0 Å². The van der Waals surface area contributed by atoms with Gasteiger partial charge in [-0.25, -0.2) is 13.2 Å². The third-order valence-electron chi connectivity index (χ3n) is 4.43. The summed E-state index contributed by atoms with van der Waals surface area (Å²) in [6.45, 7) is 5.73. The second kappa shape index (κ2) is 8.76. The standard InChI is InChI=1S/C22H19ClF6O/c1-12(2)15-7-5-14(9-17(15)21(3,25)26)19(24)11-16(22(27,28)29)13-6-8-20(30-4)18(23)10-13/h5-11,16H,1H2,2-4H3/b19-11-. The van der Waals surface area contributed by atoms with Gasteiger partial charge < -0.3 is 4.74 Å². The summed E-state index contributed by atoms with van der Waals surface area (Å²) in [5.74, 6) is -6.80. The van der Waals surface area contributed by atoms with Crippen LogP contribution in [-0.2, 0) is 5.92 Å². The molecule has 0 fully saturated rings. The molecule has 1 unspecified atom stereocenters. The van der Waals surface area contributed by atoms with Crippen molar-refractivity contribution in [3.63, 3.8) is 0 Å². The average Bonchev–Trinajstić information content (AvgIpc) is 2.63. The third kappa shape index (κ3) is 5.39. The predicted molar refractivity (Wildman–Crippen MR) is 107 cm³/mol. The molecule has 0 bridgehead atoms. The number of ether oxygens (including phenoxy) is 1. The fraction of sp³-hybridized carbons (Fsp3) is 0.273. The molecule has 0 aliphatic heterocycles. The van der Waals surface area contributed by atoms with E-state index in [2.05, 4.69) is 6.58 Å². The van der Waals surface area contributed by atoms with E-state index >= 15 is 0 Å². The lowest BCUT2D eigenvalue weighted by Gasteiger charge is -2.20. The van der Waals surface area contributed by atoms with Crippen LogP contribution in [0.25, 0.3) is 11.4 Å². The molecule has 0 radical (unpaired) electrons. The number of methoxy groups -OCH3 is 1. The van der Waals surface area contributed by atoms with Crippen molar-refractivity contribution in [1.29, 1.82) is 0 Å². The zero-order chi connectivity index (χ0) is 22.9. The van der Waals surface area contributed by atoms with Crippen LogP contribution in [0.1, 0.15) is 42.0 Å². The van der Waals surface area contributed by atoms with E-state index in [1.807, 2.05) is 0 Å². The van der Waals surface area contributed by atoms with Gasteiger partial charge in [0.05, 0.1) is 12.1 Å². The normalized spacial score (nSPS) is 13.9. The molecule has 2 rings (SSSR count). The maximum Gasteiger partial charge on any atom is 0.399 e. The molecule has 0 N–H and O–H groups in total. The molecule has 2 aromatic rings. The lowest BCUT2D eigenvalue weighted by atomic mass is 9.93. The quantitative estimate of drug-likeness (QED) is 0.405. The van der Waals surface area contributed by atoms with Gasteiger partial charge in [-0.2, -0.15) is 13.2 Å². The summed E-state index contributed by atoms with van der Waals surface area (Å²) >= 11 is 5.90. The van der Waals surface area contributed by atoms with Crippen molar-refractivity contribution in [2.45, 2.75) is 31.9 Å². The van der Waals surface area contributed by atoms with E-state index in [0.717, 1.165) is 24.3 Å². The molecule has 1 nitrogen and oxygen atoms in total. The molecular weight excluding hydrogens is 430 g/mol. The molecule has 0 heterocycles. The van der Waals surface area contributed by atoms with Crippen LogP contribution in [0.5, 0.6) is 5.75 Å². The van der Waals surface area contributed by atoms with Crippen LogP contribution in [-0.4, -0.2) is 13.3 Å². The highest BCUT2D eigenvalue weighted by Crippen LogP contribution is 2.41. The number of alkyl halides is 5. The maximum atomic E-state index is 14.8. The largest absolute Gasteiger partial charge is 0.495 e. The first-order valence-electron chi connectivity index (χ1n) is 8.71. The second-order valence-electron chi connectivity index (χ2n) is 6.86. The van der Waals surface area contributed by atoms with Crippen LogP contribution in [0.3, 0.4) is 0 Å². The molecule has 0 saturated heterocycles. The number of rotatable bonds is 6. The van der Waals surface area contributed by atoms with Gasteiger partial charge in [-0.15, -0.1) is 0 Å². The summed E-state index contributed by atoms with van der Waals surface area (Å²) in [7, 11) is 1.30. The fourth-order valence-corrected chi connectivity index (χ4v) is 3.19. The van der Waals surface area contributed by atoms with Gasteiger partial charge in [-0.1, -0.05) is 42.0 Å². The molecule has 0 saturated carbocycles. The van der Waals surface area contributed by atoms with E-state index in [1.165, 1.54) is 26.2 Å². The Kier molecular flexibility index (Phi) is 6.97. The van der Waals surface area contributed by atoms with E-state index in [-0.39, 0.29) is 21.9 Å². The minimum Gasteiger partial charge on any atom is -0.495 e. The zero-order valence-electron chi connectivity index (χ0n) is 16.4. The number of hydrogen-bond donors (Lipinski definition) is 0. The van der Waals surface area contributed by atoms with Crippen molar-refractivity contribution in [3.05, 3.63) is 76.3 Å². The van der Waals surface area contributed by atoms with Crippen LogP contribution in [0.2, 0.25) is 5.02 Å². The van der Waals surface area contributed by atoms with Gasteiger partial charge in [-0.3, -0.25) is 0 Å². The Hall–Kier alpha value is -2.41. The number of allylic oxidation sites excluding steroid dienone is 2. The Morgan fingerprint density at radius 2 is 1.73 bits per heavy atom. The minimum absolute atomic E-state index is 0.0724. The Bertz CT molecular complexity index is 973. The summed E-state index contributed by atoms with van der Waals surface area (Å²) in [5.41, 5.74) is -0.808. The van der Waals surface area contributed by atoms with Gasteiger partial charge in [0, 0.05) is 18.1 Å². The zero-order valence-corrected chi connectivity index (χ0v) is 17.1. The van der Waals surface area contributed by atoms with Gasteiger partial charge in [-0.05, 0) is 42.3 Å². The van der Waals surface area contributed by atoms with Crippen molar-refractivity contribution < 1.29 is 31.1 Å². The lowest BCUT2D eigenvalue weighted by Crippen LogP contribution is -2.19. The van der Waals surface area contributed by atoms with Crippen molar-refractivity contribution in [2.75, 3.05) is 7.11 Å². The summed E-state index contributed by atoms with van der Waals surface area (Å²) in [6, 6.07) is 6.56. The second-order valence-corrected chi connectivity index (χ2v) is 7.26. The molecule has 30 heavy (non-hydrogen) atoms. The topological polar surface area (TPSA) is 9.23 Å². The molecule has 0 spiro atoms. The van der Waals surface area contributed by atoms with E-state index < -0.39 is 35.0 Å². The molecule has 0 aromatic heterocycles. The Morgan fingerprint density at radius 3 is 2.20 bits per heavy atom. The van der Waals surface area contributed by atoms with Gasteiger partial charge >= 0.3 is 6.18 Å². The fourth-order valence-electron chi connectivity index (χ4n) is 2.93. The van der Waals surface area contributed by atoms with Crippen LogP contribution in [0.4, 0.5) is 26.3 Å². The molecule has 0 amide bonds. The summed E-state index contributed by atoms with van der Waals surface area (Å²) in [4.78, 5) is 0. The molecule has 162 valence electrons.